The molecule has 8 heteroatoms. The van der Waals surface area contributed by atoms with Crippen molar-refractivity contribution in [3.8, 4) is 5.75 Å². The number of aromatic hydroxyl groups is 1. The number of thiocarbonyl (C=S) groups is 1. The number of halogens is 3. The van der Waals surface area contributed by atoms with Crippen molar-refractivity contribution < 1.29 is 9.90 Å². The summed E-state index contributed by atoms with van der Waals surface area (Å²) in [6.45, 7) is 0. The Balaban J connectivity index is 1.94. The van der Waals surface area contributed by atoms with Crippen LogP contribution in [0.3, 0.4) is 0 Å². The fraction of sp³-hybridized carbons (Fsp3) is 0. The van der Waals surface area contributed by atoms with Crippen molar-refractivity contribution in [3.05, 3.63) is 60.8 Å². The molecular weight excluding hydrogens is 498 g/mol. The van der Waals surface area contributed by atoms with Gasteiger partial charge in [-0.2, -0.15) is 0 Å². The van der Waals surface area contributed by atoms with Crippen LogP contribution in [0, 0.1) is 0 Å². The molecule has 3 rings (SSSR count). The average molecular weight is 506 g/mol. The third-order valence-corrected chi connectivity index (χ3v) is 6.39. The lowest BCUT2D eigenvalue weighted by Crippen LogP contribution is -2.27. The number of hydrogen-bond donors (Lipinski definition) is 1. The highest BCUT2D eigenvalue weighted by atomic mass is 79.9. The van der Waals surface area contributed by atoms with Gasteiger partial charge < -0.3 is 5.11 Å². The molecule has 24 heavy (non-hydrogen) atoms. The number of carbonyl (C=O) groups excluding carboxylic acids is 1. The Kier molecular flexibility index (Phi) is 5.36. The van der Waals surface area contributed by atoms with Crippen molar-refractivity contribution in [2.75, 3.05) is 4.90 Å². The number of phenolic OH excluding ortho intramolecular Hbond substituents is 1. The Morgan fingerprint density at radius 1 is 1.17 bits per heavy atom. The van der Waals surface area contributed by atoms with Gasteiger partial charge in [0.25, 0.3) is 5.91 Å². The van der Waals surface area contributed by atoms with Crippen LogP contribution in [-0.2, 0) is 4.79 Å². The van der Waals surface area contributed by atoms with E-state index in [0.29, 0.717) is 24.4 Å². The quantitative estimate of drug-likeness (QED) is 0.403. The fourth-order valence-electron chi connectivity index (χ4n) is 2.08. The Morgan fingerprint density at radius 3 is 2.58 bits per heavy atom. The number of carbonyl (C=O) groups is 1. The van der Waals surface area contributed by atoms with Crippen molar-refractivity contribution in [1.29, 1.82) is 0 Å². The zero-order valence-electron chi connectivity index (χ0n) is 11.8. The maximum absolute atomic E-state index is 12.7. The zero-order valence-corrected chi connectivity index (χ0v) is 17.4. The maximum atomic E-state index is 12.7. The number of benzene rings is 2. The molecule has 1 heterocycles. The van der Waals surface area contributed by atoms with Crippen LogP contribution in [0.2, 0.25) is 5.02 Å². The topological polar surface area (TPSA) is 40.5 Å². The summed E-state index contributed by atoms with van der Waals surface area (Å²) in [4.78, 5) is 14.7. The minimum Gasteiger partial charge on any atom is -0.507 e. The van der Waals surface area contributed by atoms with Crippen LogP contribution in [0.5, 0.6) is 5.75 Å². The summed E-state index contributed by atoms with van der Waals surface area (Å²) < 4.78 is 1.76. The van der Waals surface area contributed by atoms with Gasteiger partial charge in [0, 0.05) is 4.47 Å². The second-order valence-corrected chi connectivity index (χ2v) is 8.62. The predicted molar refractivity (Wildman–Crippen MR) is 111 cm³/mol. The van der Waals surface area contributed by atoms with Crippen molar-refractivity contribution in [2.45, 2.75) is 0 Å². The lowest BCUT2D eigenvalue weighted by molar-refractivity contribution is -0.113. The molecule has 0 saturated carbocycles. The van der Waals surface area contributed by atoms with Gasteiger partial charge in [0.2, 0.25) is 0 Å². The van der Waals surface area contributed by atoms with Gasteiger partial charge in [-0.25, -0.2) is 0 Å². The van der Waals surface area contributed by atoms with Crippen LogP contribution in [-0.4, -0.2) is 15.3 Å². The molecule has 3 nitrogen and oxygen atoms in total. The van der Waals surface area contributed by atoms with Gasteiger partial charge >= 0.3 is 0 Å². The van der Waals surface area contributed by atoms with Gasteiger partial charge in [0.05, 0.1) is 20.1 Å². The summed E-state index contributed by atoms with van der Waals surface area (Å²) >= 11 is 19.3. The first kappa shape index (κ1) is 17.9. The van der Waals surface area contributed by atoms with E-state index >= 15 is 0 Å². The number of hydrogen-bond acceptors (Lipinski definition) is 4. The van der Waals surface area contributed by atoms with Crippen LogP contribution < -0.4 is 4.90 Å². The van der Waals surface area contributed by atoms with Crippen LogP contribution in [0.15, 0.2) is 50.2 Å². The third kappa shape index (κ3) is 3.55. The Bertz CT molecular complexity index is 902. The molecule has 0 radical (unpaired) electrons. The molecule has 1 saturated heterocycles. The van der Waals surface area contributed by atoms with Crippen molar-refractivity contribution in [3.63, 3.8) is 0 Å². The zero-order chi connectivity index (χ0) is 17.4. The van der Waals surface area contributed by atoms with E-state index in [4.69, 9.17) is 23.8 Å². The molecule has 0 aromatic heterocycles. The molecule has 1 aliphatic heterocycles. The first-order valence-corrected chi connectivity index (χ1v) is 9.77. The molecule has 1 N–H and O–H groups in total. The van der Waals surface area contributed by atoms with Crippen LogP contribution >= 0.6 is 67.4 Å². The second-order valence-electron chi connectivity index (χ2n) is 4.83. The summed E-state index contributed by atoms with van der Waals surface area (Å²) in [5.74, 6) is -0.0585. The van der Waals surface area contributed by atoms with Crippen molar-refractivity contribution in [2.24, 2.45) is 0 Å². The lowest BCUT2D eigenvalue weighted by Gasteiger charge is -2.15. The standard InChI is InChI=1S/C16H8Br2ClNO2S2/c17-10-3-2-9(7-12(10)19)20-15(22)14(24-16(20)23)6-8-1-4-13(21)11(18)5-8/h1-7,21H/b14-6+. The summed E-state index contributed by atoms with van der Waals surface area (Å²) in [5, 5.41) is 10.1. The monoisotopic (exact) mass is 503 g/mol. The molecule has 1 fully saturated rings. The van der Waals surface area contributed by atoms with E-state index in [1.165, 1.54) is 16.7 Å². The average Bonchev–Trinajstić information content (AvgIpc) is 2.80. The van der Waals surface area contributed by atoms with Gasteiger partial charge in [-0.05, 0) is 73.8 Å². The molecule has 0 spiro atoms. The molecule has 0 aliphatic carbocycles. The lowest BCUT2D eigenvalue weighted by atomic mass is 10.2. The number of nitrogens with zero attached hydrogens (tertiary/aromatic N) is 1. The smallest absolute Gasteiger partial charge is 0.270 e. The van der Waals surface area contributed by atoms with Gasteiger partial charge in [-0.1, -0.05) is 41.6 Å². The van der Waals surface area contributed by atoms with Gasteiger partial charge in [-0.15, -0.1) is 0 Å². The molecule has 2 aromatic carbocycles. The fourth-order valence-corrected chi connectivity index (χ4v) is 4.20. The Hall–Kier alpha value is -0.860. The highest BCUT2D eigenvalue weighted by Crippen LogP contribution is 2.38. The van der Waals surface area contributed by atoms with E-state index in [0.717, 1.165) is 10.0 Å². The number of phenols is 1. The number of thioether (sulfide) groups is 1. The molecule has 122 valence electrons. The third-order valence-electron chi connectivity index (χ3n) is 3.22. The number of amides is 1. The highest BCUT2D eigenvalue weighted by Gasteiger charge is 2.33. The Labute approximate surface area is 169 Å². The van der Waals surface area contributed by atoms with Gasteiger partial charge in [-0.3, -0.25) is 9.69 Å². The SMILES string of the molecule is O=C1/C(=C\c2ccc(O)c(Br)c2)SC(=S)N1c1ccc(Br)c(Cl)c1. The largest absolute Gasteiger partial charge is 0.507 e. The molecular formula is C16H8Br2ClNO2S2. The molecule has 0 unspecified atom stereocenters. The summed E-state index contributed by atoms with van der Waals surface area (Å²) in [5.41, 5.74) is 1.41. The molecule has 1 amide bonds. The van der Waals surface area contributed by atoms with E-state index in [1.807, 2.05) is 0 Å². The second kappa shape index (κ2) is 7.17. The maximum Gasteiger partial charge on any atom is 0.270 e. The van der Waals surface area contributed by atoms with Crippen LogP contribution in [0.25, 0.3) is 6.08 Å². The number of anilines is 1. The Morgan fingerprint density at radius 2 is 1.92 bits per heavy atom. The minimum absolute atomic E-state index is 0.143. The first-order chi connectivity index (χ1) is 11.4. The normalized spacial score (nSPS) is 16.3. The summed E-state index contributed by atoms with van der Waals surface area (Å²) in [7, 11) is 0. The summed E-state index contributed by atoms with van der Waals surface area (Å²) in [6.07, 6.45) is 1.74. The molecule has 2 aromatic rings. The molecule has 0 bridgehead atoms. The van der Waals surface area contributed by atoms with E-state index in [9.17, 15) is 9.90 Å². The van der Waals surface area contributed by atoms with Gasteiger partial charge in [0.1, 0.15) is 5.75 Å². The van der Waals surface area contributed by atoms with Crippen molar-refractivity contribution in [1.82, 2.24) is 0 Å². The molecule has 0 atom stereocenters. The highest BCUT2D eigenvalue weighted by molar-refractivity contribution is 9.10. The minimum atomic E-state index is -0.201. The van der Waals surface area contributed by atoms with E-state index in [-0.39, 0.29) is 11.7 Å². The van der Waals surface area contributed by atoms with E-state index in [1.54, 1.807) is 42.5 Å². The van der Waals surface area contributed by atoms with E-state index in [2.05, 4.69) is 31.9 Å². The molecule has 1 aliphatic rings. The first-order valence-electron chi connectivity index (χ1n) is 6.58. The number of rotatable bonds is 2. The summed E-state index contributed by atoms with van der Waals surface area (Å²) in [6, 6.07) is 10.3. The van der Waals surface area contributed by atoms with Crippen LogP contribution in [0.1, 0.15) is 5.56 Å². The van der Waals surface area contributed by atoms with Crippen molar-refractivity contribution >= 4 is 89.4 Å². The predicted octanol–water partition coefficient (Wildman–Crippen LogP) is 5.98. The van der Waals surface area contributed by atoms with E-state index < -0.39 is 0 Å². The van der Waals surface area contributed by atoms with Crippen LogP contribution in [0.4, 0.5) is 5.69 Å². The van der Waals surface area contributed by atoms with Gasteiger partial charge in [0.15, 0.2) is 4.32 Å².